The highest BCUT2D eigenvalue weighted by atomic mass is 16.4. The standard InChI is InChI=1S/C10H19NO3/c1-5-7(4)8(10(13)14)11-9(12)6(2)3/h6-8H,5H2,1-4H3,(H,11,12)(H,13,14)/t7-,8-/m0/s1. The summed E-state index contributed by atoms with van der Waals surface area (Å²) in [5.74, 6) is -1.40. The molecular weight excluding hydrogens is 182 g/mol. The van der Waals surface area contributed by atoms with Gasteiger partial charge in [-0.25, -0.2) is 4.79 Å². The zero-order valence-electron chi connectivity index (χ0n) is 9.20. The maximum atomic E-state index is 11.3. The molecule has 0 aromatic rings. The van der Waals surface area contributed by atoms with E-state index in [4.69, 9.17) is 5.11 Å². The molecule has 1 amide bonds. The van der Waals surface area contributed by atoms with Crippen LogP contribution >= 0.6 is 0 Å². The van der Waals surface area contributed by atoms with Crippen molar-refractivity contribution in [2.24, 2.45) is 11.8 Å². The van der Waals surface area contributed by atoms with Crippen molar-refractivity contribution in [3.05, 3.63) is 0 Å². The summed E-state index contributed by atoms with van der Waals surface area (Å²) in [6.45, 7) is 7.21. The first-order valence-electron chi connectivity index (χ1n) is 4.93. The van der Waals surface area contributed by atoms with E-state index in [9.17, 15) is 9.59 Å². The largest absolute Gasteiger partial charge is 0.480 e. The number of rotatable bonds is 5. The molecule has 0 unspecified atom stereocenters. The summed E-state index contributed by atoms with van der Waals surface area (Å²) in [6, 6.07) is -0.769. The molecule has 0 heterocycles. The van der Waals surface area contributed by atoms with E-state index in [1.807, 2.05) is 13.8 Å². The normalized spacial score (nSPS) is 14.9. The highest BCUT2D eigenvalue weighted by Gasteiger charge is 2.25. The van der Waals surface area contributed by atoms with Crippen LogP contribution < -0.4 is 5.32 Å². The van der Waals surface area contributed by atoms with E-state index in [0.29, 0.717) is 0 Å². The van der Waals surface area contributed by atoms with Gasteiger partial charge in [0, 0.05) is 5.92 Å². The van der Waals surface area contributed by atoms with Crippen LogP contribution in [0.25, 0.3) is 0 Å². The van der Waals surface area contributed by atoms with Gasteiger partial charge in [0.15, 0.2) is 0 Å². The van der Waals surface area contributed by atoms with E-state index >= 15 is 0 Å². The maximum absolute atomic E-state index is 11.3. The Kier molecular flexibility index (Phi) is 5.20. The van der Waals surface area contributed by atoms with E-state index in [1.54, 1.807) is 13.8 Å². The summed E-state index contributed by atoms with van der Waals surface area (Å²) in [5, 5.41) is 11.4. The third-order valence-electron chi connectivity index (χ3n) is 2.30. The van der Waals surface area contributed by atoms with Crippen LogP contribution in [-0.2, 0) is 9.59 Å². The first-order valence-corrected chi connectivity index (χ1v) is 4.93. The quantitative estimate of drug-likeness (QED) is 0.703. The molecule has 2 atom stereocenters. The lowest BCUT2D eigenvalue weighted by molar-refractivity contribution is -0.143. The molecule has 0 spiro atoms. The zero-order chi connectivity index (χ0) is 11.3. The second kappa shape index (κ2) is 5.62. The number of amides is 1. The molecule has 0 aromatic heterocycles. The highest BCUT2D eigenvalue weighted by Crippen LogP contribution is 2.08. The van der Waals surface area contributed by atoms with Crippen molar-refractivity contribution in [2.45, 2.75) is 40.2 Å². The Hall–Kier alpha value is -1.06. The Labute approximate surface area is 84.7 Å². The molecule has 0 aliphatic rings. The number of aliphatic carboxylic acids is 1. The van der Waals surface area contributed by atoms with Crippen LogP contribution in [0.2, 0.25) is 0 Å². The zero-order valence-corrected chi connectivity index (χ0v) is 9.20. The van der Waals surface area contributed by atoms with Gasteiger partial charge >= 0.3 is 5.97 Å². The molecule has 4 heteroatoms. The fourth-order valence-electron chi connectivity index (χ4n) is 1.00. The molecular formula is C10H19NO3. The smallest absolute Gasteiger partial charge is 0.326 e. The van der Waals surface area contributed by atoms with Crippen molar-refractivity contribution in [1.82, 2.24) is 5.32 Å². The topological polar surface area (TPSA) is 66.4 Å². The molecule has 0 aromatic carbocycles. The van der Waals surface area contributed by atoms with Crippen LogP contribution in [-0.4, -0.2) is 23.0 Å². The summed E-state index contributed by atoms with van der Waals surface area (Å²) >= 11 is 0. The van der Waals surface area contributed by atoms with E-state index in [-0.39, 0.29) is 17.7 Å². The predicted octanol–water partition coefficient (Wildman–Crippen LogP) is 1.26. The van der Waals surface area contributed by atoms with Gasteiger partial charge in [-0.15, -0.1) is 0 Å². The first-order chi connectivity index (χ1) is 6.40. The molecule has 82 valence electrons. The van der Waals surface area contributed by atoms with Gasteiger partial charge in [0.25, 0.3) is 0 Å². The summed E-state index contributed by atoms with van der Waals surface area (Å²) in [6.07, 6.45) is 0.731. The van der Waals surface area contributed by atoms with Crippen molar-refractivity contribution in [2.75, 3.05) is 0 Å². The summed E-state index contributed by atoms with van der Waals surface area (Å²) in [7, 11) is 0. The van der Waals surface area contributed by atoms with Gasteiger partial charge in [0.1, 0.15) is 6.04 Å². The van der Waals surface area contributed by atoms with Gasteiger partial charge in [-0.3, -0.25) is 4.79 Å². The summed E-state index contributed by atoms with van der Waals surface area (Å²) < 4.78 is 0. The van der Waals surface area contributed by atoms with Crippen molar-refractivity contribution >= 4 is 11.9 Å². The summed E-state index contributed by atoms with van der Waals surface area (Å²) in [4.78, 5) is 22.1. The predicted molar refractivity (Wildman–Crippen MR) is 53.9 cm³/mol. The third kappa shape index (κ3) is 3.77. The lowest BCUT2D eigenvalue weighted by Gasteiger charge is -2.21. The molecule has 0 fully saturated rings. The molecule has 0 bridgehead atoms. The van der Waals surface area contributed by atoms with Crippen molar-refractivity contribution in [1.29, 1.82) is 0 Å². The number of hydrogen-bond donors (Lipinski definition) is 2. The van der Waals surface area contributed by atoms with Crippen LogP contribution in [0, 0.1) is 11.8 Å². The molecule has 0 radical (unpaired) electrons. The van der Waals surface area contributed by atoms with Crippen LogP contribution in [0.15, 0.2) is 0 Å². The van der Waals surface area contributed by atoms with Gasteiger partial charge in [-0.05, 0) is 5.92 Å². The van der Waals surface area contributed by atoms with E-state index < -0.39 is 12.0 Å². The van der Waals surface area contributed by atoms with Gasteiger partial charge < -0.3 is 10.4 Å². The molecule has 0 aliphatic carbocycles. The highest BCUT2D eigenvalue weighted by molar-refractivity contribution is 5.84. The second-order valence-electron chi connectivity index (χ2n) is 3.86. The van der Waals surface area contributed by atoms with Crippen LogP contribution in [0.4, 0.5) is 0 Å². The van der Waals surface area contributed by atoms with Gasteiger partial charge in [-0.2, -0.15) is 0 Å². The Bertz CT molecular complexity index is 213. The maximum Gasteiger partial charge on any atom is 0.326 e. The lowest BCUT2D eigenvalue weighted by Crippen LogP contribution is -2.46. The van der Waals surface area contributed by atoms with Gasteiger partial charge in [0.2, 0.25) is 5.91 Å². The SMILES string of the molecule is CC[C@H](C)[C@H](NC(=O)C(C)C)C(=O)O. The van der Waals surface area contributed by atoms with E-state index in [2.05, 4.69) is 5.32 Å². The molecule has 14 heavy (non-hydrogen) atoms. The minimum absolute atomic E-state index is 0.0461. The number of carboxylic acids is 1. The van der Waals surface area contributed by atoms with Crippen LogP contribution in [0.3, 0.4) is 0 Å². The summed E-state index contributed by atoms with van der Waals surface area (Å²) in [5.41, 5.74) is 0. The van der Waals surface area contributed by atoms with Crippen LogP contribution in [0.1, 0.15) is 34.1 Å². The van der Waals surface area contributed by atoms with E-state index in [0.717, 1.165) is 6.42 Å². The van der Waals surface area contributed by atoms with Crippen LogP contribution in [0.5, 0.6) is 0 Å². The molecule has 4 nitrogen and oxygen atoms in total. The fourth-order valence-corrected chi connectivity index (χ4v) is 1.00. The molecule has 0 rings (SSSR count). The van der Waals surface area contributed by atoms with Gasteiger partial charge in [0.05, 0.1) is 0 Å². The molecule has 2 N–H and O–H groups in total. The lowest BCUT2D eigenvalue weighted by atomic mass is 9.98. The second-order valence-corrected chi connectivity index (χ2v) is 3.86. The molecule has 0 saturated carbocycles. The minimum atomic E-state index is -0.964. The third-order valence-corrected chi connectivity index (χ3v) is 2.30. The van der Waals surface area contributed by atoms with Crippen molar-refractivity contribution in [3.8, 4) is 0 Å². The average molecular weight is 201 g/mol. The Balaban J connectivity index is 4.38. The number of nitrogens with one attached hydrogen (secondary N) is 1. The fraction of sp³-hybridized carbons (Fsp3) is 0.800. The Morgan fingerprint density at radius 3 is 2.07 bits per heavy atom. The Morgan fingerprint density at radius 2 is 1.79 bits per heavy atom. The minimum Gasteiger partial charge on any atom is -0.480 e. The number of carboxylic acid groups (broad SMARTS) is 1. The number of carbonyl (C=O) groups is 2. The van der Waals surface area contributed by atoms with Gasteiger partial charge in [-0.1, -0.05) is 34.1 Å². The first kappa shape index (κ1) is 12.9. The number of carbonyl (C=O) groups excluding carboxylic acids is 1. The monoisotopic (exact) mass is 201 g/mol. The van der Waals surface area contributed by atoms with Crippen molar-refractivity contribution in [3.63, 3.8) is 0 Å². The molecule has 0 aliphatic heterocycles. The molecule has 0 saturated heterocycles. The van der Waals surface area contributed by atoms with E-state index in [1.165, 1.54) is 0 Å². The number of hydrogen-bond acceptors (Lipinski definition) is 2. The van der Waals surface area contributed by atoms with Crippen molar-refractivity contribution < 1.29 is 14.7 Å². The Morgan fingerprint density at radius 1 is 1.29 bits per heavy atom. The average Bonchev–Trinajstić information content (AvgIpc) is 2.11.